The number of nitrogens with one attached hydrogen (secondary N) is 1. The summed E-state index contributed by atoms with van der Waals surface area (Å²) >= 11 is 0. The van der Waals surface area contributed by atoms with Gasteiger partial charge in [0.15, 0.2) is 0 Å². The summed E-state index contributed by atoms with van der Waals surface area (Å²) in [5.41, 5.74) is 2.53. The molecule has 124 valence electrons. The van der Waals surface area contributed by atoms with Crippen LogP contribution in [0.15, 0.2) is 28.8 Å². The molecule has 1 aromatic heterocycles. The maximum atomic E-state index is 12.5. The van der Waals surface area contributed by atoms with Crippen LogP contribution in [0.3, 0.4) is 0 Å². The molecular weight excluding hydrogens is 316 g/mol. The van der Waals surface area contributed by atoms with Crippen molar-refractivity contribution in [2.75, 3.05) is 12.4 Å². The van der Waals surface area contributed by atoms with Crippen molar-refractivity contribution in [3.63, 3.8) is 0 Å². The lowest BCUT2D eigenvalue weighted by Gasteiger charge is -2.13. The molecule has 0 bridgehead atoms. The van der Waals surface area contributed by atoms with Gasteiger partial charge in [-0.05, 0) is 26.8 Å². The number of benzene rings is 1. The first-order valence-electron chi connectivity index (χ1n) is 7.15. The number of hydrogen-bond donors (Lipinski definition) is 1. The third-order valence-electron chi connectivity index (χ3n) is 3.37. The molecule has 1 amide bonds. The van der Waals surface area contributed by atoms with E-state index in [1.165, 1.54) is 0 Å². The van der Waals surface area contributed by atoms with Crippen LogP contribution >= 0.6 is 0 Å². The van der Waals surface area contributed by atoms with Crippen LogP contribution in [0.2, 0.25) is 0 Å². The Balaban J connectivity index is 2.05. The quantitative estimate of drug-likeness (QED) is 0.877. The van der Waals surface area contributed by atoms with Crippen molar-refractivity contribution in [2.24, 2.45) is 0 Å². The molecule has 1 N–H and O–H groups in total. The zero-order valence-electron chi connectivity index (χ0n) is 13.6. The molecule has 0 aliphatic rings. The number of carbonyl (C=O) groups excluding carboxylic acids is 1. The maximum absolute atomic E-state index is 12.5. The second-order valence-electron chi connectivity index (χ2n) is 5.30. The van der Waals surface area contributed by atoms with E-state index in [4.69, 9.17) is 9.26 Å². The van der Waals surface area contributed by atoms with E-state index in [1.807, 2.05) is 25.1 Å². The van der Waals surface area contributed by atoms with Crippen LogP contribution in [0, 0.1) is 13.8 Å². The molecule has 0 aliphatic carbocycles. The fourth-order valence-corrected chi connectivity index (χ4v) is 3.14. The lowest BCUT2D eigenvalue weighted by Crippen LogP contribution is -2.29. The molecule has 23 heavy (non-hydrogen) atoms. The van der Waals surface area contributed by atoms with Crippen LogP contribution in [-0.2, 0) is 21.3 Å². The first-order valence-corrected chi connectivity index (χ1v) is 8.53. The Morgan fingerprint density at radius 3 is 2.74 bits per heavy atom. The molecule has 2 rings (SSSR count). The Kier molecular flexibility index (Phi) is 5.54. The predicted molar refractivity (Wildman–Crippen MR) is 88.9 cm³/mol. The third kappa shape index (κ3) is 4.41. The zero-order chi connectivity index (χ0) is 17.0. The molecule has 7 heteroatoms. The topological polar surface area (TPSA) is 81.4 Å². The first kappa shape index (κ1) is 17.2. The van der Waals surface area contributed by atoms with Gasteiger partial charge in [-0.15, -0.1) is 0 Å². The van der Waals surface area contributed by atoms with Crippen LogP contribution in [0.4, 0.5) is 5.88 Å². The standard InChI is InChI=1S/C16H20N2O4S/c1-10-5-6-14(21-4)13(7-10)9-23(20)12(3)16(19)17-15-8-11(2)18-22-15/h5-8,12H,9H2,1-4H3,(H,17,19)/t12-,23-/m0/s1. The van der Waals surface area contributed by atoms with Crippen molar-refractivity contribution in [1.82, 2.24) is 5.16 Å². The van der Waals surface area contributed by atoms with Crippen molar-refractivity contribution >= 4 is 22.6 Å². The molecule has 0 saturated heterocycles. The molecule has 0 spiro atoms. The van der Waals surface area contributed by atoms with Crippen LogP contribution in [0.5, 0.6) is 5.75 Å². The predicted octanol–water partition coefficient (Wildman–Crippen LogP) is 2.58. The van der Waals surface area contributed by atoms with Gasteiger partial charge in [-0.1, -0.05) is 22.9 Å². The number of amides is 1. The number of aromatic nitrogens is 1. The van der Waals surface area contributed by atoms with Crippen molar-refractivity contribution in [3.05, 3.63) is 41.1 Å². The Hall–Kier alpha value is -2.15. The summed E-state index contributed by atoms with van der Waals surface area (Å²) in [6.07, 6.45) is 0. The largest absolute Gasteiger partial charge is 0.496 e. The summed E-state index contributed by atoms with van der Waals surface area (Å²) in [6, 6.07) is 7.29. The minimum atomic E-state index is -1.39. The minimum absolute atomic E-state index is 0.245. The summed E-state index contributed by atoms with van der Waals surface area (Å²) in [5, 5.41) is 5.58. The van der Waals surface area contributed by atoms with Crippen LogP contribution in [0.1, 0.15) is 23.7 Å². The lowest BCUT2D eigenvalue weighted by atomic mass is 10.1. The van der Waals surface area contributed by atoms with Gasteiger partial charge in [-0.25, -0.2) is 0 Å². The van der Waals surface area contributed by atoms with Gasteiger partial charge in [0.1, 0.15) is 11.0 Å². The first-order chi connectivity index (χ1) is 10.9. The van der Waals surface area contributed by atoms with E-state index in [9.17, 15) is 9.00 Å². The highest BCUT2D eigenvalue weighted by molar-refractivity contribution is 7.85. The Morgan fingerprint density at radius 1 is 1.39 bits per heavy atom. The number of methoxy groups -OCH3 is 1. The maximum Gasteiger partial charge on any atom is 0.242 e. The van der Waals surface area contributed by atoms with Gasteiger partial charge in [-0.2, -0.15) is 0 Å². The zero-order valence-corrected chi connectivity index (χ0v) is 14.4. The van der Waals surface area contributed by atoms with E-state index in [0.717, 1.165) is 11.1 Å². The average molecular weight is 336 g/mol. The Bertz CT molecular complexity index is 727. The molecule has 2 aromatic rings. The average Bonchev–Trinajstić information content (AvgIpc) is 2.91. The molecule has 2 atom stereocenters. The van der Waals surface area contributed by atoms with Crippen molar-refractivity contribution in [3.8, 4) is 5.75 Å². The van der Waals surface area contributed by atoms with Crippen molar-refractivity contribution < 1.29 is 18.3 Å². The van der Waals surface area contributed by atoms with E-state index in [1.54, 1.807) is 27.0 Å². The summed E-state index contributed by atoms with van der Waals surface area (Å²) in [7, 11) is 0.182. The smallest absolute Gasteiger partial charge is 0.242 e. The molecule has 6 nitrogen and oxygen atoms in total. The number of carbonyl (C=O) groups is 1. The normalized spacial score (nSPS) is 13.4. The fourth-order valence-electron chi connectivity index (χ4n) is 2.06. The summed E-state index contributed by atoms with van der Waals surface area (Å²) in [5.74, 6) is 0.799. The molecule has 0 saturated carbocycles. The highest BCUT2D eigenvalue weighted by atomic mass is 32.2. The lowest BCUT2D eigenvalue weighted by molar-refractivity contribution is -0.115. The Labute approximate surface area is 137 Å². The molecule has 0 radical (unpaired) electrons. The van der Waals surface area contributed by atoms with Gasteiger partial charge in [0, 0.05) is 22.4 Å². The number of hydrogen-bond acceptors (Lipinski definition) is 5. The van der Waals surface area contributed by atoms with E-state index in [-0.39, 0.29) is 17.5 Å². The summed E-state index contributed by atoms with van der Waals surface area (Å²) in [4.78, 5) is 12.2. The monoisotopic (exact) mass is 336 g/mol. The third-order valence-corrected chi connectivity index (χ3v) is 4.97. The summed E-state index contributed by atoms with van der Waals surface area (Å²) in [6.45, 7) is 5.33. The van der Waals surface area contributed by atoms with Crippen molar-refractivity contribution in [1.29, 1.82) is 0 Å². The molecular formula is C16H20N2O4S. The molecule has 1 aromatic carbocycles. The van der Waals surface area contributed by atoms with Crippen LogP contribution < -0.4 is 10.1 Å². The van der Waals surface area contributed by atoms with E-state index in [2.05, 4.69) is 10.5 Å². The fraction of sp³-hybridized carbons (Fsp3) is 0.375. The van der Waals surface area contributed by atoms with Gasteiger partial charge < -0.3 is 9.26 Å². The van der Waals surface area contributed by atoms with Crippen LogP contribution in [0.25, 0.3) is 0 Å². The van der Waals surface area contributed by atoms with Gasteiger partial charge in [-0.3, -0.25) is 14.3 Å². The number of aryl methyl sites for hydroxylation is 2. The molecule has 0 aliphatic heterocycles. The van der Waals surface area contributed by atoms with Crippen molar-refractivity contribution in [2.45, 2.75) is 31.8 Å². The van der Waals surface area contributed by atoms with Crippen LogP contribution in [-0.4, -0.2) is 27.6 Å². The second-order valence-corrected chi connectivity index (χ2v) is 7.06. The van der Waals surface area contributed by atoms with Gasteiger partial charge in [0.2, 0.25) is 11.8 Å². The number of anilines is 1. The second kappa shape index (κ2) is 7.41. The van der Waals surface area contributed by atoms with E-state index < -0.39 is 16.0 Å². The Morgan fingerprint density at radius 2 is 2.13 bits per heavy atom. The van der Waals surface area contributed by atoms with E-state index in [0.29, 0.717) is 11.4 Å². The van der Waals surface area contributed by atoms with Gasteiger partial charge >= 0.3 is 0 Å². The highest BCUT2D eigenvalue weighted by Gasteiger charge is 2.22. The van der Waals surface area contributed by atoms with Gasteiger partial charge in [0.05, 0.1) is 18.6 Å². The number of nitrogens with zero attached hydrogens (tertiary/aromatic N) is 1. The number of rotatable bonds is 6. The highest BCUT2D eigenvalue weighted by Crippen LogP contribution is 2.22. The molecule has 0 fully saturated rings. The van der Waals surface area contributed by atoms with Gasteiger partial charge in [0.25, 0.3) is 0 Å². The minimum Gasteiger partial charge on any atom is -0.496 e. The van der Waals surface area contributed by atoms with E-state index >= 15 is 0 Å². The summed E-state index contributed by atoms with van der Waals surface area (Å²) < 4.78 is 22.7. The molecule has 0 unspecified atom stereocenters. The molecule has 1 heterocycles. The SMILES string of the molecule is COc1ccc(C)cc1C[S@](=O)[C@@H](C)C(=O)Nc1cc(C)no1. The number of ether oxygens (including phenoxy) is 1.